The highest BCUT2D eigenvalue weighted by atomic mass is 15.2. The molecule has 0 spiro atoms. The molecule has 0 bridgehead atoms. The number of fused-ring (bicyclic) bond motifs is 2. The van der Waals surface area contributed by atoms with Gasteiger partial charge >= 0.3 is 0 Å². The lowest BCUT2D eigenvalue weighted by Gasteiger charge is -2.39. The van der Waals surface area contributed by atoms with Crippen molar-refractivity contribution in [3.63, 3.8) is 0 Å². The molecule has 172 valence electrons. The van der Waals surface area contributed by atoms with Crippen LogP contribution in [0.2, 0.25) is 0 Å². The Bertz CT molecular complexity index is 1250. The van der Waals surface area contributed by atoms with Gasteiger partial charge in [0, 0.05) is 40.6 Å². The molecule has 0 amide bonds. The smallest absolute Gasteiger partial charge is 0.155 e. The van der Waals surface area contributed by atoms with Crippen LogP contribution in [0.1, 0.15) is 62.5 Å². The maximum Gasteiger partial charge on any atom is 0.155 e. The van der Waals surface area contributed by atoms with Crippen LogP contribution in [0.5, 0.6) is 0 Å². The molecule has 2 saturated heterocycles. The number of pyridine rings is 1. The van der Waals surface area contributed by atoms with Crippen LogP contribution in [0.4, 0.5) is 0 Å². The first-order valence-electron chi connectivity index (χ1n) is 12.6. The second-order valence-corrected chi connectivity index (χ2v) is 10.2. The number of aromatic nitrogens is 4. The number of hydrogen-bond donors (Lipinski definition) is 3. The maximum absolute atomic E-state index is 4.43. The maximum atomic E-state index is 4.43. The monoisotopic (exact) mass is 442 g/mol. The highest BCUT2D eigenvalue weighted by Crippen LogP contribution is 2.40. The van der Waals surface area contributed by atoms with Crippen LogP contribution in [0, 0.1) is 0 Å². The van der Waals surface area contributed by atoms with E-state index in [0.29, 0.717) is 11.8 Å². The number of rotatable bonds is 4. The summed E-state index contributed by atoms with van der Waals surface area (Å²) in [5.74, 6) is 1.07. The number of benzene rings is 1. The van der Waals surface area contributed by atoms with Crippen LogP contribution in [-0.4, -0.2) is 57.3 Å². The number of aromatic amines is 2. The lowest BCUT2D eigenvalue weighted by atomic mass is 9.86. The lowest BCUT2D eigenvalue weighted by Crippen LogP contribution is -2.48. The molecule has 6 rings (SSSR count). The molecule has 2 fully saturated rings. The molecular formula is C27H34N6. The van der Waals surface area contributed by atoms with Crippen molar-refractivity contribution < 1.29 is 0 Å². The summed E-state index contributed by atoms with van der Waals surface area (Å²) >= 11 is 0. The lowest BCUT2D eigenvalue weighted by molar-refractivity contribution is 0.130. The third-order valence-electron chi connectivity index (χ3n) is 7.85. The van der Waals surface area contributed by atoms with E-state index >= 15 is 0 Å². The topological polar surface area (TPSA) is 72.6 Å². The van der Waals surface area contributed by atoms with Gasteiger partial charge in [0.1, 0.15) is 0 Å². The Hall–Kier alpha value is -2.70. The molecule has 2 aliphatic heterocycles. The molecule has 1 unspecified atom stereocenters. The molecule has 5 heterocycles. The van der Waals surface area contributed by atoms with Crippen molar-refractivity contribution in [2.75, 3.05) is 26.2 Å². The van der Waals surface area contributed by atoms with Crippen LogP contribution >= 0.6 is 0 Å². The van der Waals surface area contributed by atoms with Crippen LogP contribution in [0.15, 0.2) is 36.7 Å². The van der Waals surface area contributed by atoms with E-state index in [1.807, 2.05) is 12.4 Å². The van der Waals surface area contributed by atoms with Gasteiger partial charge in [-0.25, -0.2) is 4.98 Å². The largest absolute Gasteiger partial charge is 0.354 e. The molecule has 33 heavy (non-hydrogen) atoms. The highest BCUT2D eigenvalue weighted by molar-refractivity contribution is 5.98. The van der Waals surface area contributed by atoms with Gasteiger partial charge < -0.3 is 10.3 Å². The van der Waals surface area contributed by atoms with Gasteiger partial charge in [-0.05, 0) is 86.5 Å². The quantitative estimate of drug-likeness (QED) is 0.408. The van der Waals surface area contributed by atoms with Crippen molar-refractivity contribution >= 4 is 21.9 Å². The summed E-state index contributed by atoms with van der Waals surface area (Å²) in [4.78, 5) is 10.9. The molecule has 1 aromatic carbocycles. The average molecular weight is 443 g/mol. The van der Waals surface area contributed by atoms with Crippen LogP contribution < -0.4 is 5.32 Å². The highest BCUT2D eigenvalue weighted by Gasteiger charge is 2.27. The number of nitrogens with zero attached hydrogens (tertiary/aromatic N) is 3. The predicted molar refractivity (Wildman–Crippen MR) is 135 cm³/mol. The molecule has 0 aliphatic carbocycles. The van der Waals surface area contributed by atoms with Crippen LogP contribution in [0.3, 0.4) is 0 Å². The molecule has 3 N–H and O–H groups in total. The minimum Gasteiger partial charge on any atom is -0.354 e. The summed E-state index contributed by atoms with van der Waals surface area (Å²) in [6.07, 6.45) is 8.94. The van der Waals surface area contributed by atoms with Gasteiger partial charge in [-0.1, -0.05) is 19.9 Å². The second kappa shape index (κ2) is 8.58. The fraction of sp³-hybridized carbons (Fsp3) is 0.481. The standard InChI is InChI=1S/C27H34N6/c1-17(2)25-22-14-19(18-8-12-33(13-9-18)20-4-3-10-28-15-20)5-6-24(22)31-26(25)21-7-11-29-27-23(21)16-30-32-27/h5-7,11,14,16-18,20,28,31H,3-4,8-10,12-13,15H2,1-2H3,(H,29,30,32). The Labute approximate surface area is 195 Å². The first-order chi connectivity index (χ1) is 16.2. The summed E-state index contributed by atoms with van der Waals surface area (Å²) in [6, 6.07) is 9.97. The number of piperidine rings is 2. The number of likely N-dealkylation sites (tertiary alicyclic amines) is 1. The number of H-pyrrole nitrogens is 2. The van der Waals surface area contributed by atoms with Gasteiger partial charge in [-0.15, -0.1) is 0 Å². The molecule has 3 aromatic heterocycles. The zero-order valence-electron chi connectivity index (χ0n) is 19.7. The van der Waals surface area contributed by atoms with Gasteiger partial charge in [-0.2, -0.15) is 5.10 Å². The Kier molecular flexibility index (Phi) is 5.43. The van der Waals surface area contributed by atoms with Crippen molar-refractivity contribution in [1.29, 1.82) is 0 Å². The Morgan fingerprint density at radius 1 is 1.06 bits per heavy atom. The first-order valence-corrected chi connectivity index (χ1v) is 12.6. The Balaban J connectivity index is 1.32. The fourth-order valence-corrected chi connectivity index (χ4v) is 6.11. The molecule has 0 radical (unpaired) electrons. The summed E-state index contributed by atoms with van der Waals surface area (Å²) in [5, 5.41) is 13.2. The summed E-state index contributed by atoms with van der Waals surface area (Å²) < 4.78 is 0. The van der Waals surface area contributed by atoms with Crippen molar-refractivity contribution in [1.82, 2.24) is 30.4 Å². The third-order valence-corrected chi connectivity index (χ3v) is 7.85. The summed E-state index contributed by atoms with van der Waals surface area (Å²) in [5.41, 5.74) is 7.32. The third kappa shape index (κ3) is 3.75. The van der Waals surface area contributed by atoms with Crippen molar-refractivity contribution in [3.8, 4) is 11.3 Å². The van der Waals surface area contributed by atoms with E-state index in [0.717, 1.165) is 17.1 Å². The van der Waals surface area contributed by atoms with Gasteiger partial charge in [-0.3, -0.25) is 10.00 Å². The van der Waals surface area contributed by atoms with E-state index in [1.165, 1.54) is 85.1 Å². The summed E-state index contributed by atoms with van der Waals surface area (Å²) in [6.45, 7) is 9.39. The van der Waals surface area contributed by atoms with Crippen LogP contribution in [-0.2, 0) is 0 Å². The zero-order chi connectivity index (χ0) is 22.4. The molecule has 6 heteroatoms. The van der Waals surface area contributed by atoms with E-state index in [4.69, 9.17) is 0 Å². The number of hydrogen-bond acceptors (Lipinski definition) is 4. The van der Waals surface area contributed by atoms with Crippen molar-refractivity contribution in [2.24, 2.45) is 0 Å². The van der Waals surface area contributed by atoms with E-state index in [9.17, 15) is 0 Å². The van der Waals surface area contributed by atoms with E-state index in [-0.39, 0.29) is 0 Å². The summed E-state index contributed by atoms with van der Waals surface area (Å²) in [7, 11) is 0. The van der Waals surface area contributed by atoms with Crippen molar-refractivity contribution in [3.05, 3.63) is 47.8 Å². The van der Waals surface area contributed by atoms with Crippen molar-refractivity contribution in [2.45, 2.75) is 57.4 Å². The second-order valence-electron chi connectivity index (χ2n) is 10.2. The Morgan fingerprint density at radius 3 is 2.73 bits per heavy atom. The normalized spacial score (nSPS) is 20.9. The van der Waals surface area contributed by atoms with E-state index in [1.54, 1.807) is 0 Å². The predicted octanol–water partition coefficient (Wildman–Crippen LogP) is 5.16. The average Bonchev–Trinajstić information content (AvgIpc) is 3.49. The number of nitrogens with one attached hydrogen (secondary N) is 3. The molecule has 1 atom stereocenters. The molecule has 2 aliphatic rings. The first kappa shape index (κ1) is 20.9. The van der Waals surface area contributed by atoms with Gasteiger partial charge in [0.05, 0.1) is 11.9 Å². The fourth-order valence-electron chi connectivity index (χ4n) is 6.11. The van der Waals surface area contributed by atoms with E-state index in [2.05, 4.69) is 68.5 Å². The van der Waals surface area contributed by atoms with Gasteiger partial charge in [0.25, 0.3) is 0 Å². The minimum absolute atomic E-state index is 0.416. The molecule has 6 nitrogen and oxygen atoms in total. The molecule has 0 saturated carbocycles. The van der Waals surface area contributed by atoms with Crippen LogP contribution in [0.25, 0.3) is 33.2 Å². The molecule has 4 aromatic rings. The van der Waals surface area contributed by atoms with Gasteiger partial charge in [0.15, 0.2) is 5.65 Å². The zero-order valence-corrected chi connectivity index (χ0v) is 19.7. The molecular weight excluding hydrogens is 408 g/mol. The Morgan fingerprint density at radius 2 is 1.94 bits per heavy atom. The van der Waals surface area contributed by atoms with E-state index < -0.39 is 0 Å². The SMILES string of the molecule is CC(C)c1c(-c2ccnc3[nH]ncc23)[nH]c2ccc(C3CCN(C4CCCNC4)CC3)cc12. The van der Waals surface area contributed by atoms with Gasteiger partial charge in [0.2, 0.25) is 0 Å². The minimum atomic E-state index is 0.416.